The summed E-state index contributed by atoms with van der Waals surface area (Å²) in [4.78, 5) is 4.26. The highest BCUT2D eigenvalue weighted by Gasteiger charge is 1.96. The first-order chi connectivity index (χ1) is 6.72. The summed E-state index contributed by atoms with van der Waals surface area (Å²) in [6.07, 6.45) is 1.74. The molecule has 14 heavy (non-hydrogen) atoms. The molecule has 3 heteroatoms. The normalized spacial score (nSPS) is 10.6. The molecule has 0 saturated heterocycles. The van der Waals surface area contributed by atoms with Gasteiger partial charge in [0.15, 0.2) is 0 Å². The molecule has 1 N–H and O–H groups in total. The second kappa shape index (κ2) is 5.60. The van der Waals surface area contributed by atoms with Crippen LogP contribution in [0.25, 0.3) is 0 Å². The Balaban J connectivity index is 2.36. The van der Waals surface area contributed by atoms with Crippen LogP contribution in [0.1, 0.15) is 19.5 Å². The summed E-state index contributed by atoms with van der Waals surface area (Å²) in [6, 6.07) is 3.91. The summed E-state index contributed by atoms with van der Waals surface area (Å²) < 4.78 is 5.03. The quantitative estimate of drug-likeness (QED) is 0.776. The fourth-order valence-electron chi connectivity index (χ4n) is 1.13. The van der Waals surface area contributed by atoms with Crippen molar-refractivity contribution in [2.75, 3.05) is 13.7 Å². The molecule has 1 heterocycles. The van der Waals surface area contributed by atoms with Gasteiger partial charge in [-0.1, -0.05) is 13.8 Å². The maximum atomic E-state index is 5.03. The Labute approximate surface area is 85.5 Å². The van der Waals surface area contributed by atoms with Gasteiger partial charge in [0, 0.05) is 6.54 Å². The van der Waals surface area contributed by atoms with Crippen molar-refractivity contribution in [1.82, 2.24) is 10.3 Å². The molecule has 0 amide bonds. The van der Waals surface area contributed by atoms with E-state index < -0.39 is 0 Å². The molecule has 0 fully saturated rings. The van der Waals surface area contributed by atoms with Crippen LogP contribution in [-0.2, 0) is 6.54 Å². The molecule has 3 nitrogen and oxygen atoms in total. The van der Waals surface area contributed by atoms with E-state index in [0.29, 0.717) is 5.92 Å². The van der Waals surface area contributed by atoms with Crippen molar-refractivity contribution in [2.24, 2.45) is 5.92 Å². The third-order valence-corrected chi connectivity index (χ3v) is 1.89. The highest BCUT2D eigenvalue weighted by molar-refractivity contribution is 5.19. The molecule has 1 aromatic heterocycles. The lowest BCUT2D eigenvalue weighted by atomic mass is 10.2. The molecule has 0 atom stereocenters. The zero-order valence-electron chi connectivity index (χ0n) is 9.08. The average Bonchev–Trinajstić information content (AvgIpc) is 2.18. The lowest BCUT2D eigenvalue weighted by Crippen LogP contribution is -2.19. The molecule has 0 unspecified atom stereocenters. The van der Waals surface area contributed by atoms with Gasteiger partial charge in [-0.2, -0.15) is 0 Å². The number of methoxy groups -OCH3 is 1. The van der Waals surface area contributed by atoms with Gasteiger partial charge in [-0.25, -0.2) is 0 Å². The second-order valence-electron chi connectivity index (χ2n) is 3.71. The summed E-state index contributed by atoms with van der Waals surface area (Å²) in [5, 5.41) is 3.34. The van der Waals surface area contributed by atoms with Gasteiger partial charge in [0.1, 0.15) is 5.75 Å². The molecule has 0 aliphatic rings. The maximum Gasteiger partial charge on any atom is 0.137 e. The van der Waals surface area contributed by atoms with E-state index in [1.54, 1.807) is 13.3 Å². The summed E-state index contributed by atoms with van der Waals surface area (Å²) in [5.41, 5.74) is 1.05. The van der Waals surface area contributed by atoms with Crippen molar-refractivity contribution in [1.29, 1.82) is 0 Å². The second-order valence-corrected chi connectivity index (χ2v) is 3.71. The first kappa shape index (κ1) is 11.0. The molecule has 0 saturated carbocycles. The largest absolute Gasteiger partial charge is 0.495 e. The average molecular weight is 194 g/mol. The Bertz CT molecular complexity index is 256. The van der Waals surface area contributed by atoms with E-state index in [0.717, 1.165) is 24.5 Å². The molecule has 0 bridgehead atoms. The minimum Gasteiger partial charge on any atom is -0.495 e. The number of aromatic nitrogens is 1. The molecular formula is C11H18N2O. The third kappa shape index (κ3) is 3.75. The van der Waals surface area contributed by atoms with E-state index in [2.05, 4.69) is 24.1 Å². The summed E-state index contributed by atoms with van der Waals surface area (Å²) >= 11 is 0. The fourth-order valence-corrected chi connectivity index (χ4v) is 1.13. The maximum absolute atomic E-state index is 5.03. The van der Waals surface area contributed by atoms with Crippen LogP contribution in [0.15, 0.2) is 18.3 Å². The van der Waals surface area contributed by atoms with Crippen molar-refractivity contribution in [2.45, 2.75) is 20.4 Å². The number of nitrogens with one attached hydrogen (secondary N) is 1. The van der Waals surface area contributed by atoms with Gasteiger partial charge >= 0.3 is 0 Å². The number of rotatable bonds is 5. The predicted molar refractivity (Wildman–Crippen MR) is 57.3 cm³/mol. The van der Waals surface area contributed by atoms with Gasteiger partial charge in [0.2, 0.25) is 0 Å². The molecule has 0 spiro atoms. The van der Waals surface area contributed by atoms with Gasteiger partial charge < -0.3 is 10.1 Å². The molecular weight excluding hydrogens is 176 g/mol. The highest BCUT2D eigenvalue weighted by Crippen LogP contribution is 2.07. The molecule has 1 rings (SSSR count). The van der Waals surface area contributed by atoms with E-state index in [9.17, 15) is 0 Å². The Kier molecular flexibility index (Phi) is 4.40. The van der Waals surface area contributed by atoms with Crippen LogP contribution >= 0.6 is 0 Å². The van der Waals surface area contributed by atoms with Crippen LogP contribution in [0.5, 0.6) is 5.75 Å². The van der Waals surface area contributed by atoms with Gasteiger partial charge in [-0.3, -0.25) is 4.98 Å². The van der Waals surface area contributed by atoms with Gasteiger partial charge in [0.25, 0.3) is 0 Å². The summed E-state index contributed by atoms with van der Waals surface area (Å²) in [6.45, 7) is 6.22. The lowest BCUT2D eigenvalue weighted by Gasteiger charge is -2.07. The van der Waals surface area contributed by atoms with E-state index in [1.165, 1.54) is 0 Å². The van der Waals surface area contributed by atoms with Gasteiger partial charge in [0.05, 0.1) is 19.0 Å². The summed E-state index contributed by atoms with van der Waals surface area (Å²) in [5.74, 6) is 1.48. The van der Waals surface area contributed by atoms with Crippen molar-refractivity contribution < 1.29 is 4.74 Å². The zero-order chi connectivity index (χ0) is 10.4. The van der Waals surface area contributed by atoms with E-state index in [1.807, 2.05) is 12.1 Å². The van der Waals surface area contributed by atoms with E-state index >= 15 is 0 Å². The third-order valence-electron chi connectivity index (χ3n) is 1.89. The highest BCUT2D eigenvalue weighted by atomic mass is 16.5. The molecule has 0 aromatic carbocycles. The Hall–Kier alpha value is -1.09. The van der Waals surface area contributed by atoms with Crippen molar-refractivity contribution in [3.63, 3.8) is 0 Å². The van der Waals surface area contributed by atoms with Crippen LogP contribution in [0.3, 0.4) is 0 Å². The molecule has 78 valence electrons. The van der Waals surface area contributed by atoms with Crippen molar-refractivity contribution in [3.05, 3.63) is 24.0 Å². The van der Waals surface area contributed by atoms with Crippen LogP contribution in [0.4, 0.5) is 0 Å². The van der Waals surface area contributed by atoms with Gasteiger partial charge in [-0.05, 0) is 24.6 Å². The SMILES string of the molecule is COc1ccc(CNCC(C)C)nc1. The van der Waals surface area contributed by atoms with E-state index in [-0.39, 0.29) is 0 Å². The first-order valence-electron chi connectivity index (χ1n) is 4.92. The molecule has 0 aliphatic heterocycles. The van der Waals surface area contributed by atoms with Crippen LogP contribution in [0.2, 0.25) is 0 Å². The zero-order valence-corrected chi connectivity index (χ0v) is 9.08. The Morgan fingerprint density at radius 2 is 2.21 bits per heavy atom. The van der Waals surface area contributed by atoms with Crippen molar-refractivity contribution in [3.8, 4) is 5.75 Å². The molecule has 0 radical (unpaired) electrons. The lowest BCUT2D eigenvalue weighted by molar-refractivity contribution is 0.412. The number of ether oxygens (including phenoxy) is 1. The minimum absolute atomic E-state index is 0.674. The number of nitrogens with zero attached hydrogens (tertiary/aromatic N) is 1. The van der Waals surface area contributed by atoms with Crippen molar-refractivity contribution >= 4 is 0 Å². The van der Waals surface area contributed by atoms with Crippen LogP contribution in [0, 0.1) is 5.92 Å². The van der Waals surface area contributed by atoms with Crippen LogP contribution < -0.4 is 10.1 Å². The molecule has 1 aromatic rings. The molecule has 0 aliphatic carbocycles. The standard InChI is InChI=1S/C11H18N2O/c1-9(2)6-12-7-10-4-5-11(14-3)8-13-10/h4-5,8-9,12H,6-7H2,1-3H3. The Morgan fingerprint density at radius 3 is 2.71 bits per heavy atom. The number of pyridine rings is 1. The fraction of sp³-hybridized carbons (Fsp3) is 0.545. The monoisotopic (exact) mass is 194 g/mol. The summed E-state index contributed by atoms with van der Waals surface area (Å²) in [7, 11) is 1.65. The van der Waals surface area contributed by atoms with Gasteiger partial charge in [-0.15, -0.1) is 0 Å². The predicted octanol–water partition coefficient (Wildman–Crippen LogP) is 1.84. The first-order valence-corrected chi connectivity index (χ1v) is 4.92. The minimum atomic E-state index is 0.674. The topological polar surface area (TPSA) is 34.1 Å². The smallest absolute Gasteiger partial charge is 0.137 e. The number of hydrogen-bond donors (Lipinski definition) is 1. The van der Waals surface area contributed by atoms with Crippen LogP contribution in [-0.4, -0.2) is 18.6 Å². The van der Waals surface area contributed by atoms with E-state index in [4.69, 9.17) is 4.74 Å². The Morgan fingerprint density at radius 1 is 1.43 bits per heavy atom. The number of hydrogen-bond acceptors (Lipinski definition) is 3.